The van der Waals surface area contributed by atoms with E-state index in [-0.39, 0.29) is 13.2 Å². The monoisotopic (exact) mass is 435 g/mol. The Hall–Kier alpha value is -1.74. The van der Waals surface area contributed by atoms with Gasteiger partial charge < -0.3 is 23.7 Å². The molecule has 0 bridgehead atoms. The Morgan fingerprint density at radius 3 is 2.40 bits per heavy atom. The van der Waals surface area contributed by atoms with Crippen molar-refractivity contribution in [2.75, 3.05) is 13.7 Å². The molecule has 2 saturated heterocycles. The lowest BCUT2D eigenvalue weighted by Gasteiger charge is -2.46. The van der Waals surface area contributed by atoms with Gasteiger partial charge in [0.2, 0.25) is 0 Å². The average Bonchev–Trinajstić information content (AvgIpc) is 2.78. The Bertz CT molecular complexity index is 814. The SMILES string of the molecule is CO[C@@H]1O[C@@H]2COC(c3ccccc3)O[C@@H]2[C@H](O[P+](=O)O)[C@H]1OCc1ccccc1. The first-order valence-electron chi connectivity index (χ1n) is 9.64. The molecular formula is C21H24O8P+. The number of ether oxygens (including phenoxy) is 5. The summed E-state index contributed by atoms with van der Waals surface area (Å²) in [4.78, 5) is 9.50. The molecule has 9 heteroatoms. The van der Waals surface area contributed by atoms with Crippen LogP contribution in [0.15, 0.2) is 60.7 Å². The molecule has 2 aliphatic heterocycles. The summed E-state index contributed by atoms with van der Waals surface area (Å²) in [5, 5.41) is 0. The van der Waals surface area contributed by atoms with Crippen LogP contribution in [0.3, 0.4) is 0 Å². The molecule has 2 heterocycles. The molecule has 4 rings (SSSR count). The maximum absolute atomic E-state index is 11.6. The standard InChI is InChI=1S/C21H23O8P/c1-24-21-19(25-12-14-8-4-2-5-9-14)18(29-30(22)23)17-16(27-21)13-26-20(28-17)15-10-6-3-7-11-15/h2-11,16-21H,12-13H2,1H3/p+1/t16-,17+,18+,19-,20?,21-/m1/s1. The third kappa shape index (κ3) is 4.94. The van der Waals surface area contributed by atoms with Crippen LogP contribution in [0.5, 0.6) is 0 Å². The molecule has 7 atom stereocenters. The smallest absolute Gasteiger partial charge is 0.365 e. The first-order valence-corrected chi connectivity index (χ1v) is 10.8. The molecule has 0 amide bonds. The second kappa shape index (κ2) is 10.0. The van der Waals surface area contributed by atoms with Crippen molar-refractivity contribution < 1.29 is 37.7 Å². The molecule has 0 aromatic heterocycles. The summed E-state index contributed by atoms with van der Waals surface area (Å²) in [6, 6.07) is 19.0. The Labute approximate surface area is 175 Å². The van der Waals surface area contributed by atoms with E-state index >= 15 is 0 Å². The predicted octanol–water partition coefficient (Wildman–Crippen LogP) is 3.09. The van der Waals surface area contributed by atoms with Gasteiger partial charge in [-0.3, -0.25) is 0 Å². The van der Waals surface area contributed by atoms with Crippen LogP contribution in [-0.4, -0.2) is 49.3 Å². The molecule has 2 unspecified atom stereocenters. The zero-order valence-electron chi connectivity index (χ0n) is 16.4. The summed E-state index contributed by atoms with van der Waals surface area (Å²) in [7, 11) is -1.42. The van der Waals surface area contributed by atoms with Gasteiger partial charge in [0.25, 0.3) is 0 Å². The highest BCUT2D eigenvalue weighted by Crippen LogP contribution is 2.39. The Morgan fingerprint density at radius 2 is 1.73 bits per heavy atom. The summed E-state index contributed by atoms with van der Waals surface area (Å²) in [5.41, 5.74) is 1.77. The number of hydrogen-bond acceptors (Lipinski definition) is 7. The van der Waals surface area contributed by atoms with Gasteiger partial charge in [0, 0.05) is 17.2 Å². The molecule has 160 valence electrons. The van der Waals surface area contributed by atoms with E-state index in [1.807, 2.05) is 60.7 Å². The molecule has 2 aliphatic rings. The average molecular weight is 435 g/mol. The quantitative estimate of drug-likeness (QED) is 0.664. The molecule has 0 spiro atoms. The van der Waals surface area contributed by atoms with E-state index in [0.717, 1.165) is 11.1 Å². The van der Waals surface area contributed by atoms with Crippen LogP contribution in [0.25, 0.3) is 0 Å². The second-order valence-corrected chi connectivity index (χ2v) is 7.71. The largest absolute Gasteiger partial charge is 0.695 e. The van der Waals surface area contributed by atoms with Crippen molar-refractivity contribution in [1.82, 2.24) is 0 Å². The maximum Gasteiger partial charge on any atom is 0.695 e. The fourth-order valence-corrected chi connectivity index (χ4v) is 4.13. The second-order valence-electron chi connectivity index (χ2n) is 7.02. The topological polar surface area (TPSA) is 92.7 Å². The molecule has 1 N–H and O–H groups in total. The van der Waals surface area contributed by atoms with Gasteiger partial charge in [-0.25, -0.2) is 0 Å². The molecule has 30 heavy (non-hydrogen) atoms. The summed E-state index contributed by atoms with van der Waals surface area (Å²) < 4.78 is 46.4. The molecule has 0 saturated carbocycles. The van der Waals surface area contributed by atoms with Gasteiger partial charge in [-0.1, -0.05) is 60.7 Å². The van der Waals surface area contributed by atoms with E-state index in [1.165, 1.54) is 7.11 Å². The van der Waals surface area contributed by atoms with Crippen molar-refractivity contribution in [2.24, 2.45) is 0 Å². The number of fused-ring (bicyclic) bond motifs is 1. The van der Waals surface area contributed by atoms with Gasteiger partial charge in [-0.05, 0) is 5.56 Å². The summed E-state index contributed by atoms with van der Waals surface area (Å²) in [6.07, 6.45) is -4.34. The van der Waals surface area contributed by atoms with Crippen LogP contribution >= 0.6 is 8.25 Å². The molecular weight excluding hydrogens is 411 g/mol. The van der Waals surface area contributed by atoms with Crippen LogP contribution < -0.4 is 0 Å². The van der Waals surface area contributed by atoms with E-state index in [1.54, 1.807) is 0 Å². The number of hydrogen-bond donors (Lipinski definition) is 1. The van der Waals surface area contributed by atoms with Crippen molar-refractivity contribution in [1.29, 1.82) is 0 Å². The van der Waals surface area contributed by atoms with Crippen molar-refractivity contribution in [3.63, 3.8) is 0 Å². The van der Waals surface area contributed by atoms with Crippen LogP contribution in [0.1, 0.15) is 17.4 Å². The molecule has 0 radical (unpaired) electrons. The van der Waals surface area contributed by atoms with Gasteiger partial charge in [0.15, 0.2) is 18.7 Å². The van der Waals surface area contributed by atoms with Crippen molar-refractivity contribution >= 4 is 8.25 Å². The van der Waals surface area contributed by atoms with E-state index in [4.69, 9.17) is 28.2 Å². The highest BCUT2D eigenvalue weighted by Gasteiger charge is 2.54. The van der Waals surface area contributed by atoms with Crippen LogP contribution in [0.4, 0.5) is 0 Å². The zero-order valence-corrected chi connectivity index (χ0v) is 17.3. The highest BCUT2D eigenvalue weighted by atomic mass is 31.1. The first-order chi connectivity index (χ1) is 14.7. The third-order valence-corrected chi connectivity index (χ3v) is 5.51. The van der Waals surface area contributed by atoms with Crippen molar-refractivity contribution in [2.45, 2.75) is 43.6 Å². The van der Waals surface area contributed by atoms with E-state index in [0.29, 0.717) is 0 Å². The van der Waals surface area contributed by atoms with Crippen molar-refractivity contribution in [3.8, 4) is 0 Å². The summed E-state index contributed by atoms with van der Waals surface area (Å²) >= 11 is 0. The maximum atomic E-state index is 11.6. The summed E-state index contributed by atoms with van der Waals surface area (Å²) in [6.45, 7) is 0.477. The predicted molar refractivity (Wildman–Crippen MR) is 105 cm³/mol. The number of rotatable bonds is 7. The minimum atomic E-state index is -2.90. The highest BCUT2D eigenvalue weighted by molar-refractivity contribution is 7.32. The van der Waals surface area contributed by atoms with Gasteiger partial charge in [0.1, 0.15) is 18.3 Å². The normalized spacial score (nSPS) is 31.7. The van der Waals surface area contributed by atoms with Gasteiger partial charge in [-0.15, -0.1) is 9.42 Å². The number of benzene rings is 2. The molecule has 8 nitrogen and oxygen atoms in total. The van der Waals surface area contributed by atoms with E-state index < -0.39 is 45.3 Å². The third-order valence-electron chi connectivity index (χ3n) is 5.09. The molecule has 2 aromatic rings. The summed E-state index contributed by atoms with van der Waals surface area (Å²) in [5.74, 6) is 0. The van der Waals surface area contributed by atoms with E-state index in [2.05, 4.69) is 0 Å². The molecule has 2 fully saturated rings. The minimum Gasteiger partial charge on any atom is -0.365 e. The zero-order chi connectivity index (χ0) is 20.9. The fraction of sp³-hybridized carbons (Fsp3) is 0.429. The Balaban J connectivity index is 1.55. The van der Waals surface area contributed by atoms with Gasteiger partial charge in [0.05, 0.1) is 13.2 Å². The van der Waals surface area contributed by atoms with Crippen molar-refractivity contribution in [3.05, 3.63) is 71.8 Å². The van der Waals surface area contributed by atoms with Crippen LogP contribution in [0.2, 0.25) is 0 Å². The molecule has 2 aromatic carbocycles. The minimum absolute atomic E-state index is 0.220. The molecule has 0 aliphatic carbocycles. The van der Waals surface area contributed by atoms with Gasteiger partial charge in [-0.2, -0.15) is 0 Å². The van der Waals surface area contributed by atoms with E-state index in [9.17, 15) is 9.46 Å². The Kier molecular flexibility index (Phi) is 7.20. The lowest BCUT2D eigenvalue weighted by molar-refractivity contribution is -0.360. The fourth-order valence-electron chi connectivity index (χ4n) is 3.68. The first kappa shape index (κ1) is 21.5. The lowest BCUT2D eigenvalue weighted by Crippen LogP contribution is -2.63. The Morgan fingerprint density at radius 1 is 1.03 bits per heavy atom. The van der Waals surface area contributed by atoms with Crippen LogP contribution in [0, 0.1) is 0 Å². The van der Waals surface area contributed by atoms with Gasteiger partial charge >= 0.3 is 8.25 Å². The lowest BCUT2D eigenvalue weighted by atomic mass is 9.97. The van der Waals surface area contributed by atoms with Crippen LogP contribution in [-0.2, 0) is 39.4 Å². The number of methoxy groups -OCH3 is 1.